The SMILES string of the molecule is Cc1c(-c2ccc3nc[nH]c3c2)nc(CCO)n1C. The van der Waals surface area contributed by atoms with E-state index in [9.17, 15) is 0 Å². The number of imidazole rings is 2. The third-order valence-corrected chi connectivity index (χ3v) is 3.50. The zero-order valence-corrected chi connectivity index (χ0v) is 11.0. The number of benzene rings is 1. The number of hydrogen-bond donors (Lipinski definition) is 2. The molecule has 0 atom stereocenters. The molecule has 1 aromatic carbocycles. The molecule has 3 aromatic rings. The highest BCUT2D eigenvalue weighted by Gasteiger charge is 2.13. The third kappa shape index (κ3) is 1.92. The first-order valence-corrected chi connectivity index (χ1v) is 6.27. The van der Waals surface area contributed by atoms with Gasteiger partial charge in [-0.1, -0.05) is 6.07 Å². The van der Waals surface area contributed by atoms with Crippen LogP contribution in [0.4, 0.5) is 0 Å². The number of fused-ring (bicyclic) bond motifs is 1. The maximum atomic E-state index is 9.06. The normalized spacial score (nSPS) is 11.3. The molecule has 0 aliphatic carbocycles. The topological polar surface area (TPSA) is 66.7 Å². The molecule has 0 amide bonds. The van der Waals surface area contributed by atoms with Crippen LogP contribution < -0.4 is 0 Å². The van der Waals surface area contributed by atoms with E-state index in [1.54, 1.807) is 6.33 Å². The predicted octanol–water partition coefficient (Wildman–Crippen LogP) is 1.81. The molecule has 0 fully saturated rings. The van der Waals surface area contributed by atoms with Crippen molar-refractivity contribution in [2.45, 2.75) is 13.3 Å². The van der Waals surface area contributed by atoms with Crippen LogP contribution in [0.1, 0.15) is 11.5 Å². The van der Waals surface area contributed by atoms with Crippen LogP contribution in [-0.2, 0) is 13.5 Å². The molecule has 0 unspecified atom stereocenters. The van der Waals surface area contributed by atoms with Crippen LogP contribution in [0.15, 0.2) is 24.5 Å². The van der Waals surface area contributed by atoms with Crippen molar-refractivity contribution in [1.29, 1.82) is 0 Å². The molecule has 98 valence electrons. The monoisotopic (exact) mass is 256 g/mol. The van der Waals surface area contributed by atoms with Gasteiger partial charge in [0.1, 0.15) is 5.82 Å². The number of aliphatic hydroxyl groups is 1. The second-order valence-electron chi connectivity index (χ2n) is 4.63. The zero-order chi connectivity index (χ0) is 13.4. The second kappa shape index (κ2) is 4.51. The quantitative estimate of drug-likeness (QED) is 0.751. The van der Waals surface area contributed by atoms with E-state index >= 15 is 0 Å². The summed E-state index contributed by atoms with van der Waals surface area (Å²) >= 11 is 0. The van der Waals surface area contributed by atoms with E-state index in [1.807, 2.05) is 30.7 Å². The van der Waals surface area contributed by atoms with Crippen molar-refractivity contribution < 1.29 is 5.11 Å². The van der Waals surface area contributed by atoms with Gasteiger partial charge in [-0.05, 0) is 19.1 Å². The average Bonchev–Trinajstić information content (AvgIpc) is 2.98. The molecule has 5 heteroatoms. The molecule has 5 nitrogen and oxygen atoms in total. The first kappa shape index (κ1) is 11.9. The lowest BCUT2D eigenvalue weighted by molar-refractivity contribution is 0.295. The van der Waals surface area contributed by atoms with Crippen LogP contribution in [0.2, 0.25) is 0 Å². The number of aromatic nitrogens is 4. The van der Waals surface area contributed by atoms with Crippen LogP contribution in [0, 0.1) is 6.92 Å². The molecule has 2 heterocycles. The lowest BCUT2D eigenvalue weighted by atomic mass is 10.1. The Morgan fingerprint density at radius 1 is 1.37 bits per heavy atom. The van der Waals surface area contributed by atoms with Gasteiger partial charge in [0.2, 0.25) is 0 Å². The summed E-state index contributed by atoms with van der Waals surface area (Å²) in [6, 6.07) is 6.07. The van der Waals surface area contributed by atoms with Gasteiger partial charge in [-0.2, -0.15) is 0 Å². The summed E-state index contributed by atoms with van der Waals surface area (Å²) in [5.74, 6) is 0.903. The summed E-state index contributed by atoms with van der Waals surface area (Å²) in [5.41, 5.74) is 5.08. The number of nitrogens with one attached hydrogen (secondary N) is 1. The van der Waals surface area contributed by atoms with Gasteiger partial charge in [0.05, 0.1) is 29.7 Å². The number of H-pyrrole nitrogens is 1. The zero-order valence-electron chi connectivity index (χ0n) is 11.0. The van der Waals surface area contributed by atoms with Gasteiger partial charge in [0.25, 0.3) is 0 Å². The van der Waals surface area contributed by atoms with Gasteiger partial charge in [-0.25, -0.2) is 9.97 Å². The van der Waals surface area contributed by atoms with Crippen LogP contribution in [0.3, 0.4) is 0 Å². The molecule has 0 saturated carbocycles. The van der Waals surface area contributed by atoms with Crippen molar-refractivity contribution in [3.05, 3.63) is 36.0 Å². The van der Waals surface area contributed by atoms with Crippen molar-refractivity contribution in [3.63, 3.8) is 0 Å². The van der Waals surface area contributed by atoms with E-state index < -0.39 is 0 Å². The van der Waals surface area contributed by atoms with Crippen molar-refractivity contribution >= 4 is 11.0 Å². The third-order valence-electron chi connectivity index (χ3n) is 3.50. The van der Waals surface area contributed by atoms with Gasteiger partial charge >= 0.3 is 0 Å². The smallest absolute Gasteiger partial charge is 0.111 e. The van der Waals surface area contributed by atoms with E-state index in [0.29, 0.717) is 6.42 Å². The first-order chi connectivity index (χ1) is 9.20. The molecular formula is C14H16N4O. The molecule has 0 aliphatic heterocycles. The van der Waals surface area contributed by atoms with Gasteiger partial charge in [0, 0.05) is 24.7 Å². The summed E-state index contributed by atoms with van der Waals surface area (Å²) in [4.78, 5) is 12.0. The van der Waals surface area contributed by atoms with Crippen LogP contribution in [0.25, 0.3) is 22.3 Å². The molecule has 0 saturated heterocycles. The minimum absolute atomic E-state index is 0.114. The second-order valence-corrected chi connectivity index (χ2v) is 4.63. The molecule has 2 N–H and O–H groups in total. The van der Waals surface area contributed by atoms with E-state index in [0.717, 1.165) is 33.8 Å². The summed E-state index contributed by atoms with van der Waals surface area (Å²) in [7, 11) is 1.98. The predicted molar refractivity (Wildman–Crippen MR) is 73.8 cm³/mol. The number of aliphatic hydroxyl groups excluding tert-OH is 1. The van der Waals surface area contributed by atoms with E-state index in [1.165, 1.54) is 0 Å². The Bertz CT molecular complexity index is 726. The molecule has 0 aliphatic rings. The van der Waals surface area contributed by atoms with Gasteiger partial charge < -0.3 is 14.7 Å². The fraction of sp³-hybridized carbons (Fsp3) is 0.286. The minimum Gasteiger partial charge on any atom is -0.396 e. The standard InChI is InChI=1S/C14H16N4O/c1-9-14(17-13(5-6-19)18(9)2)10-3-4-11-12(7-10)16-8-15-11/h3-4,7-8,19H,5-6H2,1-2H3,(H,15,16). The van der Waals surface area contributed by atoms with E-state index in [4.69, 9.17) is 5.11 Å². The molecule has 19 heavy (non-hydrogen) atoms. The summed E-state index contributed by atoms with van der Waals surface area (Å²) in [6.07, 6.45) is 2.26. The lowest BCUT2D eigenvalue weighted by Crippen LogP contribution is -2.01. The van der Waals surface area contributed by atoms with Gasteiger partial charge in [0.15, 0.2) is 0 Å². The molecule has 3 rings (SSSR count). The molecule has 0 radical (unpaired) electrons. The fourth-order valence-corrected chi connectivity index (χ4v) is 2.32. The number of hydrogen-bond acceptors (Lipinski definition) is 3. The average molecular weight is 256 g/mol. The van der Waals surface area contributed by atoms with Crippen molar-refractivity contribution in [2.24, 2.45) is 7.05 Å². The summed E-state index contributed by atoms with van der Waals surface area (Å²) in [6.45, 7) is 2.16. The van der Waals surface area contributed by atoms with Crippen LogP contribution >= 0.6 is 0 Å². The number of rotatable bonds is 3. The highest BCUT2D eigenvalue weighted by molar-refractivity contribution is 5.81. The molecule has 2 aromatic heterocycles. The van der Waals surface area contributed by atoms with Crippen LogP contribution in [-0.4, -0.2) is 31.2 Å². The Hall–Kier alpha value is -2.14. The maximum Gasteiger partial charge on any atom is 0.111 e. The van der Waals surface area contributed by atoms with Gasteiger partial charge in [-0.3, -0.25) is 0 Å². The Labute approximate surface area is 110 Å². The highest BCUT2D eigenvalue weighted by Crippen LogP contribution is 2.25. The summed E-state index contributed by atoms with van der Waals surface area (Å²) in [5, 5.41) is 9.06. The summed E-state index contributed by atoms with van der Waals surface area (Å²) < 4.78 is 2.03. The largest absolute Gasteiger partial charge is 0.396 e. The van der Waals surface area contributed by atoms with Crippen molar-refractivity contribution in [2.75, 3.05) is 6.61 Å². The highest BCUT2D eigenvalue weighted by atomic mass is 16.3. The molecular weight excluding hydrogens is 240 g/mol. The van der Waals surface area contributed by atoms with E-state index in [2.05, 4.69) is 21.0 Å². The lowest BCUT2D eigenvalue weighted by Gasteiger charge is -2.01. The molecule has 0 spiro atoms. The van der Waals surface area contributed by atoms with Crippen molar-refractivity contribution in [3.8, 4) is 11.3 Å². The Balaban J connectivity index is 2.12. The maximum absolute atomic E-state index is 9.06. The first-order valence-electron chi connectivity index (χ1n) is 6.27. The fourth-order valence-electron chi connectivity index (χ4n) is 2.32. The number of aromatic amines is 1. The Morgan fingerprint density at radius 2 is 2.21 bits per heavy atom. The Kier molecular flexibility index (Phi) is 2.83. The van der Waals surface area contributed by atoms with Gasteiger partial charge in [-0.15, -0.1) is 0 Å². The Morgan fingerprint density at radius 3 is 3.00 bits per heavy atom. The van der Waals surface area contributed by atoms with E-state index in [-0.39, 0.29) is 6.61 Å². The minimum atomic E-state index is 0.114. The molecule has 0 bridgehead atoms. The number of nitrogens with zero attached hydrogens (tertiary/aromatic N) is 3. The van der Waals surface area contributed by atoms with Crippen molar-refractivity contribution in [1.82, 2.24) is 19.5 Å². The van der Waals surface area contributed by atoms with Crippen LogP contribution in [0.5, 0.6) is 0 Å².